The van der Waals surface area contributed by atoms with Gasteiger partial charge in [-0.15, -0.1) is 0 Å². The average molecular weight is 1470 g/mol. The molecule has 0 aliphatic carbocycles. The first kappa shape index (κ1) is 74.3. The molecule has 526 valence electrons. The largest absolute Gasteiger partial charge is 0.418 e. The first-order valence-corrected chi connectivity index (χ1v) is 32.8. The molecule has 12 rings (SSSR count). The Labute approximate surface area is 581 Å². The maximum Gasteiger partial charge on any atom is 0.418 e. The highest BCUT2D eigenvalue weighted by Crippen LogP contribution is 2.38. The predicted molar refractivity (Wildman–Crippen MR) is 366 cm³/mol. The number of carbonyl (C=O) groups is 4. The third-order valence-electron chi connectivity index (χ3n) is 16.4. The minimum Gasteiger partial charge on any atom is -0.383 e. The summed E-state index contributed by atoms with van der Waals surface area (Å²) in [6.07, 6.45) is 2.43. The summed E-state index contributed by atoms with van der Waals surface area (Å²) in [5.41, 5.74) is 18.3. The van der Waals surface area contributed by atoms with Crippen molar-refractivity contribution in [1.29, 1.82) is 0 Å². The third kappa shape index (κ3) is 18.5. The average Bonchev–Trinajstić information content (AvgIpc) is 0.802. The summed E-state index contributed by atoms with van der Waals surface area (Å²) in [6.45, 7) is 10.8. The van der Waals surface area contributed by atoms with E-state index in [4.69, 9.17) is 34.5 Å². The van der Waals surface area contributed by atoms with Crippen molar-refractivity contribution in [2.45, 2.75) is 76.3 Å². The van der Waals surface area contributed by atoms with Crippen LogP contribution in [0.5, 0.6) is 0 Å². The van der Waals surface area contributed by atoms with Crippen LogP contribution < -0.4 is 47.9 Å². The summed E-state index contributed by atoms with van der Waals surface area (Å²) in [5.74, 6) is -1.39. The maximum absolute atomic E-state index is 13.5. The number of nitrogens with two attached hydrogens (primary N) is 4. The second-order valence-electron chi connectivity index (χ2n) is 23.3. The van der Waals surface area contributed by atoms with Gasteiger partial charge in [0.1, 0.15) is 69.3 Å². The molecule has 4 saturated heterocycles. The molecule has 0 saturated carbocycles. The molecule has 0 radical (unpaired) electrons. The van der Waals surface area contributed by atoms with Gasteiger partial charge in [0.05, 0.1) is 44.0 Å². The Balaban J connectivity index is 0.000000156. The SMILES string of the molecule is C=Cc1cnc(N)c(C(=O)c2nc(N3CCNCC3)ccc2C(F)(F)F)c1.Nc1ncc(Br)cc1C(=O)c1nc(N2CCCCC2)ccc1C(F)(F)F.Nc1ncccc1C(=O)c1nc(N2CCCCC2)ccc1C(F)(F)F.Nc1ncccc1C(=O)c1nc(N2CCCCC2)ccc1Cl. The molecule has 0 unspecified atom stereocenters. The number of piperazine rings is 1. The molecule has 4 aliphatic rings. The molecule has 100 heavy (non-hydrogen) atoms. The van der Waals surface area contributed by atoms with E-state index in [1.54, 1.807) is 24.4 Å². The number of hydrogen-bond acceptors (Lipinski definition) is 21. The van der Waals surface area contributed by atoms with E-state index in [9.17, 15) is 58.7 Å². The van der Waals surface area contributed by atoms with E-state index >= 15 is 0 Å². The topological polar surface area (TPSA) is 300 Å². The van der Waals surface area contributed by atoms with Crippen LogP contribution in [0, 0.1) is 0 Å². The lowest BCUT2D eigenvalue weighted by molar-refractivity contribution is -0.138. The van der Waals surface area contributed by atoms with Crippen LogP contribution in [0.25, 0.3) is 6.08 Å². The van der Waals surface area contributed by atoms with Crippen LogP contribution in [0.2, 0.25) is 5.02 Å². The Bertz CT molecular complexity index is 4280. The quantitative estimate of drug-likeness (QED) is 0.0529. The van der Waals surface area contributed by atoms with Crippen molar-refractivity contribution in [1.82, 2.24) is 45.2 Å². The number of nitrogens with zero attached hydrogens (tertiary/aromatic N) is 12. The number of hydrogen-bond donors (Lipinski definition) is 5. The van der Waals surface area contributed by atoms with Gasteiger partial charge in [0.2, 0.25) is 23.1 Å². The molecule has 32 heteroatoms. The molecule has 4 aliphatic heterocycles. The fourth-order valence-electron chi connectivity index (χ4n) is 11.3. The van der Waals surface area contributed by atoms with Gasteiger partial charge in [-0.05, 0) is 164 Å². The van der Waals surface area contributed by atoms with Gasteiger partial charge in [0.15, 0.2) is 0 Å². The zero-order valence-corrected chi connectivity index (χ0v) is 55.9. The normalized spacial score (nSPS) is 15.0. The van der Waals surface area contributed by atoms with Crippen LogP contribution in [0.1, 0.15) is 144 Å². The number of carbonyl (C=O) groups excluding carboxylic acids is 4. The van der Waals surface area contributed by atoms with Crippen molar-refractivity contribution in [3.63, 3.8) is 0 Å². The Morgan fingerprint density at radius 2 is 0.770 bits per heavy atom. The summed E-state index contributed by atoms with van der Waals surface area (Å²) in [6, 6.07) is 19.0. The van der Waals surface area contributed by atoms with Crippen molar-refractivity contribution in [2.24, 2.45) is 0 Å². The van der Waals surface area contributed by atoms with Gasteiger partial charge in [-0.1, -0.05) is 24.3 Å². The van der Waals surface area contributed by atoms with Gasteiger partial charge < -0.3 is 47.9 Å². The number of nitrogens with one attached hydrogen (secondary N) is 1. The van der Waals surface area contributed by atoms with Crippen molar-refractivity contribution >= 4 is 103 Å². The van der Waals surface area contributed by atoms with Gasteiger partial charge in [-0.3, -0.25) is 19.2 Å². The fourth-order valence-corrected chi connectivity index (χ4v) is 11.8. The number of ketones is 4. The number of halogens is 11. The van der Waals surface area contributed by atoms with Gasteiger partial charge in [-0.2, -0.15) is 39.5 Å². The minimum atomic E-state index is -4.72. The molecule has 4 fully saturated rings. The smallest absolute Gasteiger partial charge is 0.383 e. The summed E-state index contributed by atoms with van der Waals surface area (Å²) < 4.78 is 121. The first-order valence-electron chi connectivity index (χ1n) is 31.6. The standard InChI is InChI=1S/C18H18F3N5O.C17H16BrF3N4O.C17H17F3N4O.C16H17ClN4O/c1-2-11-9-12(17(22)24-10-11)16(27)15-13(18(19,20)21)3-4-14(25-15)26-7-5-23-6-8-26;18-10-8-11(16(22)23-9-10)15(26)14-12(17(19,20)21)4-5-13(24-14)25-6-2-1-3-7-25;18-17(19,20)12-6-7-13(24-9-2-1-3-10-24)23-14(12)15(25)11-5-4-8-22-16(11)21;17-12-6-7-13(21-9-2-1-3-10-21)20-14(12)15(22)11-5-4-8-19-16(11)18/h2-4,9-10,23H,1,5-8H2,(H2,22,24);4-5,8-9H,1-3,6-7H2,(H2,22,23);4-8H,1-3,9-10H2,(H2,21,22);4-8H,1-3,9-10H2,(H2,18,19). The Morgan fingerprint density at radius 3 is 1.15 bits per heavy atom. The molecular weight excluding hydrogens is 1410 g/mol. The summed E-state index contributed by atoms with van der Waals surface area (Å²) in [4.78, 5) is 90.8. The van der Waals surface area contributed by atoms with E-state index < -0.39 is 69.7 Å². The van der Waals surface area contributed by atoms with Crippen molar-refractivity contribution in [2.75, 3.05) is 108 Å². The molecule has 0 spiro atoms. The molecule has 0 aromatic carbocycles. The second kappa shape index (κ2) is 32.9. The number of pyridine rings is 8. The van der Waals surface area contributed by atoms with E-state index in [2.05, 4.69) is 72.6 Å². The summed E-state index contributed by atoms with van der Waals surface area (Å²) >= 11 is 9.32. The molecule has 12 heterocycles. The lowest BCUT2D eigenvalue weighted by Crippen LogP contribution is -2.44. The van der Waals surface area contributed by atoms with Crippen LogP contribution in [0.3, 0.4) is 0 Å². The lowest BCUT2D eigenvalue weighted by Gasteiger charge is -2.29. The zero-order chi connectivity index (χ0) is 72.1. The van der Waals surface area contributed by atoms with E-state index in [1.165, 1.54) is 73.6 Å². The molecule has 8 aromatic heterocycles. The summed E-state index contributed by atoms with van der Waals surface area (Å²) in [5, 5.41) is 3.48. The van der Waals surface area contributed by atoms with Crippen molar-refractivity contribution in [3.05, 3.63) is 193 Å². The number of piperidine rings is 3. The number of rotatable bonds is 13. The van der Waals surface area contributed by atoms with Crippen LogP contribution >= 0.6 is 27.5 Å². The number of alkyl halides is 9. The molecule has 0 amide bonds. The van der Waals surface area contributed by atoms with Crippen molar-refractivity contribution < 1.29 is 58.7 Å². The van der Waals surface area contributed by atoms with Gasteiger partial charge >= 0.3 is 18.5 Å². The van der Waals surface area contributed by atoms with E-state index in [0.29, 0.717) is 90.4 Å². The first-order chi connectivity index (χ1) is 47.6. The van der Waals surface area contributed by atoms with Gasteiger partial charge in [-0.25, -0.2) is 39.9 Å². The van der Waals surface area contributed by atoms with Crippen LogP contribution in [-0.4, -0.2) is 128 Å². The van der Waals surface area contributed by atoms with Crippen LogP contribution in [0.4, 0.5) is 86.1 Å². The van der Waals surface area contributed by atoms with Gasteiger partial charge in [0.25, 0.3) is 0 Å². The van der Waals surface area contributed by atoms with E-state index in [1.807, 2.05) is 20.8 Å². The zero-order valence-electron chi connectivity index (χ0n) is 53.6. The lowest BCUT2D eigenvalue weighted by atomic mass is 10.0. The maximum atomic E-state index is 13.5. The second-order valence-corrected chi connectivity index (χ2v) is 24.6. The highest BCUT2D eigenvalue weighted by atomic mass is 79.9. The molecular formula is C68H68BrClF9N17O4. The number of aromatic nitrogens is 8. The van der Waals surface area contributed by atoms with Crippen LogP contribution in [0.15, 0.2) is 121 Å². The molecule has 0 atom stereocenters. The van der Waals surface area contributed by atoms with Gasteiger partial charge in [0, 0.05) is 94.7 Å². The minimum absolute atomic E-state index is 0.0868. The third-order valence-corrected chi connectivity index (χ3v) is 17.2. The highest BCUT2D eigenvalue weighted by molar-refractivity contribution is 9.10. The fraction of sp³-hybridized carbons (Fsp3) is 0.324. The molecule has 21 nitrogen and oxygen atoms in total. The Hall–Kier alpha value is -9.88. The molecule has 9 N–H and O–H groups in total. The Morgan fingerprint density at radius 1 is 0.440 bits per heavy atom. The number of anilines is 8. The monoisotopic (exact) mass is 1470 g/mol. The van der Waals surface area contributed by atoms with E-state index in [-0.39, 0.29) is 51.4 Å². The van der Waals surface area contributed by atoms with Crippen LogP contribution in [-0.2, 0) is 18.5 Å². The van der Waals surface area contributed by atoms with E-state index in [0.717, 1.165) is 88.5 Å². The predicted octanol–water partition coefficient (Wildman–Crippen LogP) is 12.7. The highest BCUT2D eigenvalue weighted by Gasteiger charge is 2.40. The molecule has 0 bridgehead atoms. The Kier molecular flexibility index (Phi) is 24.4. The van der Waals surface area contributed by atoms with Crippen molar-refractivity contribution in [3.8, 4) is 0 Å². The number of nitrogen functional groups attached to an aromatic ring is 4. The molecule has 8 aromatic rings. The summed E-state index contributed by atoms with van der Waals surface area (Å²) in [7, 11) is 0.